The van der Waals surface area contributed by atoms with Crippen LogP contribution in [0.2, 0.25) is 0 Å². The predicted molar refractivity (Wildman–Crippen MR) is 49.8 cm³/mol. The average molecular weight is 261 g/mol. The van der Waals surface area contributed by atoms with E-state index in [9.17, 15) is 24.7 Å². The zero-order valence-electron chi connectivity index (χ0n) is 8.74. The molecule has 0 amide bonds. The predicted octanol–water partition coefficient (Wildman–Crippen LogP) is -0.865. The van der Waals surface area contributed by atoms with Crippen LogP contribution in [0, 0.1) is 10.1 Å². The molecule has 9 nitrogen and oxygen atoms in total. The lowest BCUT2D eigenvalue weighted by Gasteiger charge is -2.13. The molecule has 2 fully saturated rings. The number of rotatable bonds is 3. The fourth-order valence-corrected chi connectivity index (χ4v) is 2.06. The molecule has 4 atom stereocenters. The number of imidazole rings is 1. The van der Waals surface area contributed by atoms with Gasteiger partial charge in [0.15, 0.2) is 11.8 Å². The maximum atomic E-state index is 12.6. The van der Waals surface area contributed by atoms with Gasteiger partial charge in [0.1, 0.15) is 19.0 Å². The summed E-state index contributed by atoms with van der Waals surface area (Å²) < 4.78 is 22.3. The molecule has 3 heterocycles. The summed E-state index contributed by atoms with van der Waals surface area (Å²) in [7, 11) is 0. The Morgan fingerprint density at radius 3 is 2.83 bits per heavy atom. The number of aromatic nitrogens is 2. The van der Waals surface area contributed by atoms with Gasteiger partial charge in [0.2, 0.25) is 0 Å². The van der Waals surface area contributed by atoms with Gasteiger partial charge >= 0.3 is 5.95 Å². The molecule has 3 N–H and O–H groups in total. The third-order valence-corrected chi connectivity index (χ3v) is 3.04. The molecule has 3 rings (SSSR count). The van der Waals surface area contributed by atoms with Gasteiger partial charge in [0.25, 0.3) is 11.6 Å². The van der Waals surface area contributed by atoms with Crippen LogP contribution in [-0.4, -0.2) is 49.5 Å². The van der Waals surface area contributed by atoms with Gasteiger partial charge in [-0.25, -0.2) is 9.37 Å². The molecule has 0 spiro atoms. The summed E-state index contributed by atoms with van der Waals surface area (Å²) in [6.45, 7) is -1.07. The Labute approximate surface area is 98.3 Å². The van der Waals surface area contributed by atoms with E-state index in [0.29, 0.717) is 0 Å². The Morgan fingerprint density at radius 1 is 1.61 bits per heavy atom. The fourth-order valence-electron chi connectivity index (χ4n) is 2.06. The summed E-state index contributed by atoms with van der Waals surface area (Å²) in [5.74, 6) is -4.79. The van der Waals surface area contributed by atoms with E-state index in [0.717, 1.165) is 6.20 Å². The molecule has 1 aromatic rings. The minimum absolute atomic E-state index is 0.0453. The van der Waals surface area contributed by atoms with Gasteiger partial charge < -0.3 is 29.8 Å². The number of halogens is 1. The van der Waals surface area contributed by atoms with Crippen LogP contribution >= 0.6 is 0 Å². The smallest absolute Gasteiger partial charge is 0.390 e. The molecule has 98 valence electrons. The van der Waals surface area contributed by atoms with Crippen molar-refractivity contribution in [3.05, 3.63) is 22.0 Å². The van der Waals surface area contributed by atoms with Crippen LogP contribution in [0.3, 0.4) is 0 Å². The van der Waals surface area contributed by atoms with E-state index in [1.807, 2.05) is 0 Å². The molecule has 0 saturated carbocycles. The zero-order valence-corrected chi connectivity index (χ0v) is 8.74. The van der Waals surface area contributed by atoms with Crippen LogP contribution < -0.4 is 0 Å². The summed E-state index contributed by atoms with van der Waals surface area (Å²) in [6.07, 6.45) is -1.51. The highest BCUT2D eigenvalue weighted by Crippen LogP contribution is 2.61. The van der Waals surface area contributed by atoms with E-state index in [2.05, 4.69) is 9.97 Å². The molecule has 18 heavy (non-hydrogen) atoms. The molecular weight excluding hydrogens is 253 g/mol. The van der Waals surface area contributed by atoms with Crippen LogP contribution in [0.4, 0.5) is 10.3 Å². The maximum absolute atomic E-state index is 12.6. The Hall–Kier alpha value is -1.62. The maximum Gasteiger partial charge on any atom is 0.432 e. The van der Waals surface area contributed by atoms with Gasteiger partial charge in [-0.15, -0.1) is 0 Å². The molecule has 0 aromatic carbocycles. The van der Waals surface area contributed by atoms with Crippen molar-refractivity contribution < 1.29 is 29.0 Å². The van der Waals surface area contributed by atoms with Crippen molar-refractivity contribution in [1.29, 1.82) is 0 Å². The molecule has 2 aliphatic rings. The number of aromatic amines is 1. The van der Waals surface area contributed by atoms with Crippen molar-refractivity contribution in [2.24, 2.45) is 0 Å². The average Bonchev–Trinajstić information content (AvgIpc) is 2.69. The Kier molecular flexibility index (Phi) is 2.06. The second kappa shape index (κ2) is 3.23. The number of hydrogen-bond donors (Lipinski definition) is 3. The van der Waals surface area contributed by atoms with E-state index in [-0.39, 0.29) is 5.69 Å². The minimum Gasteiger partial charge on any atom is -0.390 e. The first-order valence-corrected chi connectivity index (χ1v) is 4.98. The highest BCUT2D eigenvalue weighted by Gasteiger charge is 2.84. The quantitative estimate of drug-likeness (QED) is 0.366. The monoisotopic (exact) mass is 261 g/mol. The first-order valence-electron chi connectivity index (χ1n) is 4.98. The number of ether oxygens (including phenoxy) is 2. The minimum atomic E-state index is -2.12. The number of fused-ring (bicyclic) bond motifs is 1. The summed E-state index contributed by atoms with van der Waals surface area (Å²) >= 11 is 0. The van der Waals surface area contributed by atoms with Gasteiger partial charge in [-0.1, -0.05) is 4.98 Å². The van der Waals surface area contributed by atoms with Gasteiger partial charge in [0, 0.05) is 0 Å². The molecule has 10 heteroatoms. The fraction of sp³-hybridized carbons (Fsp3) is 0.625. The molecule has 1 aromatic heterocycles. The SMILES string of the molecule is O=[N+]([O-])c1nc([C@H]2O[C@H](CF)[C@]3(O)O[C@]23O)c[nH]1. The standard InChI is InChI=1S/C8H8FN3O6/c9-1-4-7(13)8(14,18-7)5(17-4)3-2-10-6(11-3)12(15)16/h2,4-5,13-14H,1H2,(H,10,11)/t4-,5-,7+,8-/m1/s1. The van der Waals surface area contributed by atoms with Gasteiger partial charge in [-0.2, -0.15) is 0 Å². The van der Waals surface area contributed by atoms with Gasteiger partial charge in [0.05, 0.1) is 0 Å². The first-order chi connectivity index (χ1) is 8.42. The topological polar surface area (TPSA) is 134 Å². The number of aliphatic hydroxyl groups is 2. The van der Waals surface area contributed by atoms with Crippen LogP contribution in [0.5, 0.6) is 0 Å². The number of hydrogen-bond acceptors (Lipinski definition) is 7. The highest BCUT2D eigenvalue weighted by molar-refractivity contribution is 5.25. The largest absolute Gasteiger partial charge is 0.432 e. The third kappa shape index (κ3) is 1.20. The van der Waals surface area contributed by atoms with Gasteiger partial charge in [-0.05, 0) is 4.92 Å². The molecule has 2 saturated heterocycles. The van der Waals surface area contributed by atoms with E-state index < -0.39 is 41.3 Å². The van der Waals surface area contributed by atoms with E-state index in [1.165, 1.54) is 0 Å². The number of nitrogens with one attached hydrogen (secondary N) is 1. The van der Waals surface area contributed by atoms with Crippen LogP contribution in [0.1, 0.15) is 11.8 Å². The summed E-state index contributed by atoms with van der Waals surface area (Å²) in [5.41, 5.74) is -0.0453. The second-order valence-corrected chi connectivity index (χ2v) is 4.06. The third-order valence-electron chi connectivity index (χ3n) is 3.04. The lowest BCUT2D eigenvalue weighted by atomic mass is 10.1. The second-order valence-electron chi connectivity index (χ2n) is 4.06. The number of alkyl halides is 1. The number of epoxide rings is 1. The Balaban J connectivity index is 1.92. The van der Waals surface area contributed by atoms with Crippen molar-refractivity contribution in [2.45, 2.75) is 23.8 Å². The van der Waals surface area contributed by atoms with Crippen molar-refractivity contribution in [2.75, 3.05) is 6.67 Å². The van der Waals surface area contributed by atoms with Gasteiger partial charge in [-0.3, -0.25) is 0 Å². The normalized spacial score (nSPS) is 41.7. The Bertz CT molecular complexity index is 523. The number of nitrogens with zero attached hydrogens (tertiary/aromatic N) is 2. The van der Waals surface area contributed by atoms with Crippen molar-refractivity contribution in [3.63, 3.8) is 0 Å². The van der Waals surface area contributed by atoms with Crippen LogP contribution in [-0.2, 0) is 9.47 Å². The molecule has 0 bridgehead atoms. The molecule has 0 unspecified atom stereocenters. The zero-order chi connectivity index (χ0) is 13.1. The summed E-state index contributed by atoms with van der Waals surface area (Å²) in [5, 5.41) is 30.1. The van der Waals surface area contributed by atoms with Crippen molar-refractivity contribution in [3.8, 4) is 0 Å². The molecule has 0 radical (unpaired) electrons. The van der Waals surface area contributed by atoms with Crippen molar-refractivity contribution >= 4 is 5.95 Å². The van der Waals surface area contributed by atoms with Crippen LogP contribution in [0.15, 0.2) is 6.20 Å². The first kappa shape index (κ1) is 11.5. The van der Waals surface area contributed by atoms with E-state index >= 15 is 0 Å². The summed E-state index contributed by atoms with van der Waals surface area (Å²) in [4.78, 5) is 15.5. The Morgan fingerprint density at radius 2 is 2.33 bits per heavy atom. The lowest BCUT2D eigenvalue weighted by Crippen LogP contribution is -2.32. The number of nitro groups is 1. The highest BCUT2D eigenvalue weighted by atomic mass is 19.1. The van der Waals surface area contributed by atoms with E-state index in [4.69, 9.17) is 9.47 Å². The number of H-pyrrole nitrogens is 1. The molecule has 2 aliphatic heterocycles. The summed E-state index contributed by atoms with van der Waals surface area (Å²) in [6, 6.07) is 0. The molecular formula is C8H8FN3O6. The van der Waals surface area contributed by atoms with Crippen molar-refractivity contribution in [1.82, 2.24) is 9.97 Å². The molecule has 0 aliphatic carbocycles. The van der Waals surface area contributed by atoms with Crippen LogP contribution in [0.25, 0.3) is 0 Å². The van der Waals surface area contributed by atoms with E-state index in [1.54, 1.807) is 0 Å². The lowest BCUT2D eigenvalue weighted by molar-refractivity contribution is -0.393.